The van der Waals surface area contributed by atoms with Crippen LogP contribution in [0.15, 0.2) is 53.5 Å². The van der Waals surface area contributed by atoms with Crippen molar-refractivity contribution in [2.24, 2.45) is 0 Å². The average Bonchev–Trinajstić information content (AvgIpc) is 3.03. The number of H-pyrrole nitrogens is 1. The molecule has 0 unspecified atom stereocenters. The summed E-state index contributed by atoms with van der Waals surface area (Å²) in [7, 11) is 0. The number of fused-ring (bicyclic) bond motifs is 2. The number of benzene rings is 2. The third-order valence-corrected chi connectivity index (χ3v) is 4.37. The van der Waals surface area contributed by atoms with E-state index in [1.807, 2.05) is 41.1 Å². The summed E-state index contributed by atoms with van der Waals surface area (Å²) in [5, 5.41) is 19.6. The number of phenols is 1. The van der Waals surface area contributed by atoms with Crippen molar-refractivity contribution in [1.82, 2.24) is 14.5 Å². The number of nitrogens with zero attached hydrogens (tertiary/aromatic N) is 2. The van der Waals surface area contributed by atoms with Crippen LogP contribution in [0.2, 0.25) is 0 Å². The molecule has 0 bridgehead atoms. The Morgan fingerprint density at radius 1 is 1.28 bits per heavy atom. The highest BCUT2D eigenvalue weighted by Gasteiger charge is 2.15. The molecule has 0 amide bonds. The van der Waals surface area contributed by atoms with Gasteiger partial charge in [0.05, 0.1) is 23.1 Å². The third kappa shape index (κ3) is 4.44. The number of aromatic nitrogens is 3. The smallest absolute Gasteiger partial charge is 0.275 e. The second-order valence-corrected chi connectivity index (χ2v) is 6.57. The molecule has 8 heteroatoms. The molecule has 5 N–H and O–H groups in total. The van der Waals surface area contributed by atoms with E-state index in [4.69, 9.17) is 9.90 Å². The number of aliphatic carboxylic acids is 1. The molecule has 0 radical (unpaired) electrons. The molecule has 8 nitrogen and oxygen atoms in total. The molecule has 2 aromatic heterocycles. The quantitative estimate of drug-likeness (QED) is 0.466. The Morgan fingerprint density at radius 3 is 2.72 bits per heavy atom. The Morgan fingerprint density at radius 2 is 2.00 bits per heavy atom. The minimum Gasteiger partial charge on any atom is -0.550 e. The highest BCUT2D eigenvalue weighted by molar-refractivity contribution is 5.96. The van der Waals surface area contributed by atoms with Crippen molar-refractivity contribution >= 4 is 27.9 Å². The van der Waals surface area contributed by atoms with Crippen molar-refractivity contribution < 1.29 is 20.7 Å². The fourth-order valence-electron chi connectivity index (χ4n) is 3.15. The number of aromatic amines is 1. The highest BCUT2D eigenvalue weighted by Crippen LogP contribution is 2.31. The van der Waals surface area contributed by atoms with Crippen LogP contribution in [0.3, 0.4) is 0 Å². The van der Waals surface area contributed by atoms with E-state index in [2.05, 4.69) is 15.7 Å². The first-order valence-electron chi connectivity index (χ1n) is 9.19. The van der Waals surface area contributed by atoms with Gasteiger partial charge < -0.3 is 30.3 Å². The first kappa shape index (κ1) is 20.1. The first-order chi connectivity index (χ1) is 13.9. The van der Waals surface area contributed by atoms with E-state index in [0.717, 1.165) is 53.9 Å². The van der Waals surface area contributed by atoms with Gasteiger partial charge >= 0.3 is 0 Å². The molecule has 29 heavy (non-hydrogen) atoms. The molecule has 0 saturated heterocycles. The van der Waals surface area contributed by atoms with Crippen LogP contribution in [0.4, 0.5) is 0 Å². The monoisotopic (exact) mass is 394 g/mol. The van der Waals surface area contributed by atoms with Gasteiger partial charge in [0, 0.05) is 42.1 Å². The number of carbonyl (C=O) groups excluding carboxylic acids is 1. The van der Waals surface area contributed by atoms with Gasteiger partial charge in [0.25, 0.3) is 5.56 Å². The number of para-hydroxylation sites is 2. The summed E-state index contributed by atoms with van der Waals surface area (Å²) < 4.78 is 2.05. The molecule has 0 atom stereocenters. The third-order valence-electron chi connectivity index (χ3n) is 4.37. The van der Waals surface area contributed by atoms with Crippen molar-refractivity contribution in [3.05, 3.63) is 59.0 Å². The summed E-state index contributed by atoms with van der Waals surface area (Å²) in [6.45, 7) is 2.57. The van der Waals surface area contributed by atoms with Crippen LogP contribution in [-0.2, 0) is 11.3 Å². The number of carboxylic acids is 1. The first-order valence-corrected chi connectivity index (χ1v) is 9.19. The number of quaternary nitrogens is 1. The molecule has 150 valence electrons. The number of aryl methyl sites for hydroxylation is 1. The maximum Gasteiger partial charge on any atom is 0.275 e. The van der Waals surface area contributed by atoms with Crippen molar-refractivity contribution in [2.45, 2.75) is 19.9 Å². The van der Waals surface area contributed by atoms with Gasteiger partial charge in [-0.25, -0.2) is 4.98 Å². The maximum absolute atomic E-state index is 12.6. The topological polar surface area (TPSA) is 139 Å². The van der Waals surface area contributed by atoms with Crippen LogP contribution >= 0.6 is 0 Å². The van der Waals surface area contributed by atoms with Crippen LogP contribution in [0.25, 0.3) is 33.2 Å². The van der Waals surface area contributed by atoms with E-state index in [0.29, 0.717) is 5.69 Å². The van der Waals surface area contributed by atoms with Gasteiger partial charge in [-0.15, -0.1) is 0 Å². The largest absolute Gasteiger partial charge is 0.550 e. The summed E-state index contributed by atoms with van der Waals surface area (Å²) in [5.41, 5.74) is 7.17. The van der Waals surface area contributed by atoms with Crippen LogP contribution in [-0.4, -0.2) is 32.2 Å². The lowest BCUT2D eigenvalue weighted by Gasteiger charge is -2.02. The number of hydrogen-bond donors (Lipinski definition) is 3. The SMILES string of the molecule is CC(=O)[O-].[NH3+]CCCn1cc(-c2nc3ccccc3[nH]c2=O)c2ccc(O)cc21. The molecule has 4 rings (SSSR count). The summed E-state index contributed by atoms with van der Waals surface area (Å²) in [6, 6.07) is 12.7. The average molecular weight is 394 g/mol. The molecule has 0 aliphatic heterocycles. The lowest BCUT2D eigenvalue weighted by Crippen LogP contribution is -2.50. The van der Waals surface area contributed by atoms with E-state index in [1.54, 1.807) is 12.1 Å². The maximum atomic E-state index is 12.6. The fraction of sp³-hybridized carbons (Fsp3) is 0.190. The number of aromatic hydroxyl groups is 1. The molecule has 0 aliphatic carbocycles. The molecule has 2 aromatic carbocycles. The number of nitrogens with one attached hydrogen (secondary N) is 1. The number of phenolic OH excluding ortho intramolecular Hbond substituents is 1. The molecule has 2 heterocycles. The Balaban J connectivity index is 0.000000552. The van der Waals surface area contributed by atoms with Crippen LogP contribution in [0.1, 0.15) is 13.3 Å². The number of rotatable bonds is 4. The zero-order valence-electron chi connectivity index (χ0n) is 16.0. The van der Waals surface area contributed by atoms with Gasteiger partial charge in [0.15, 0.2) is 0 Å². The van der Waals surface area contributed by atoms with Gasteiger partial charge in [-0.2, -0.15) is 0 Å². The molecular weight excluding hydrogens is 372 g/mol. The molecule has 4 aromatic rings. The number of carbonyl (C=O) groups is 1. The number of carboxylic acid groups (broad SMARTS) is 1. The van der Waals surface area contributed by atoms with Gasteiger partial charge in [0.1, 0.15) is 11.4 Å². The molecule has 0 spiro atoms. The van der Waals surface area contributed by atoms with Crippen molar-refractivity contribution in [2.75, 3.05) is 6.54 Å². The standard InChI is InChI=1S/C19H18N4O2.C2H4O2/c20-8-3-9-23-11-14(13-7-6-12(24)10-17(13)23)18-19(25)22-16-5-2-1-4-15(16)21-18;1-2(3)4/h1-2,4-7,10-11,24H,3,8-9,20H2,(H,22,25);1H3,(H,3,4). The van der Waals surface area contributed by atoms with Crippen molar-refractivity contribution in [3.8, 4) is 17.0 Å². The molecule has 0 saturated carbocycles. The predicted octanol–water partition coefficient (Wildman–Crippen LogP) is 0.639. The van der Waals surface area contributed by atoms with Gasteiger partial charge in [-0.1, -0.05) is 12.1 Å². The van der Waals surface area contributed by atoms with Crippen LogP contribution < -0.4 is 16.4 Å². The normalized spacial score (nSPS) is 10.7. The molecular formula is C21H22N4O4. The van der Waals surface area contributed by atoms with Crippen LogP contribution in [0, 0.1) is 0 Å². The molecule has 0 aliphatic rings. The summed E-state index contributed by atoms with van der Waals surface area (Å²) in [4.78, 5) is 28.9. The highest BCUT2D eigenvalue weighted by atomic mass is 16.4. The van der Waals surface area contributed by atoms with E-state index in [9.17, 15) is 9.90 Å². The lowest BCUT2D eigenvalue weighted by molar-refractivity contribution is -0.368. The van der Waals surface area contributed by atoms with E-state index in [1.165, 1.54) is 0 Å². The second kappa shape index (κ2) is 8.57. The predicted molar refractivity (Wildman–Crippen MR) is 108 cm³/mol. The Labute approximate surface area is 166 Å². The van der Waals surface area contributed by atoms with E-state index < -0.39 is 5.97 Å². The second-order valence-electron chi connectivity index (χ2n) is 6.57. The summed E-state index contributed by atoms with van der Waals surface area (Å²) in [5.74, 6) is -0.881. The van der Waals surface area contributed by atoms with Gasteiger partial charge in [0.2, 0.25) is 0 Å². The Bertz CT molecular complexity index is 1220. The summed E-state index contributed by atoms with van der Waals surface area (Å²) >= 11 is 0. The number of hydrogen-bond acceptors (Lipinski definition) is 5. The lowest BCUT2D eigenvalue weighted by atomic mass is 10.1. The summed E-state index contributed by atoms with van der Waals surface area (Å²) in [6.07, 6.45) is 2.85. The van der Waals surface area contributed by atoms with Crippen molar-refractivity contribution in [1.29, 1.82) is 0 Å². The van der Waals surface area contributed by atoms with E-state index >= 15 is 0 Å². The van der Waals surface area contributed by atoms with Crippen molar-refractivity contribution in [3.63, 3.8) is 0 Å². The minimum atomic E-state index is -1.08. The fourth-order valence-corrected chi connectivity index (χ4v) is 3.15. The zero-order chi connectivity index (χ0) is 21.0. The zero-order valence-corrected chi connectivity index (χ0v) is 16.0. The minimum absolute atomic E-state index is 0.202. The van der Waals surface area contributed by atoms with Gasteiger partial charge in [-0.05, 0) is 31.2 Å². The van der Waals surface area contributed by atoms with Crippen LogP contribution in [0.5, 0.6) is 5.75 Å². The Kier molecular flexibility index (Phi) is 5.94. The van der Waals surface area contributed by atoms with E-state index in [-0.39, 0.29) is 11.3 Å². The molecule has 0 fully saturated rings. The Hall–Kier alpha value is -3.65. The van der Waals surface area contributed by atoms with Gasteiger partial charge in [-0.3, -0.25) is 4.79 Å².